The van der Waals surface area contributed by atoms with E-state index in [1.54, 1.807) is 0 Å². The van der Waals surface area contributed by atoms with Gasteiger partial charge in [0.2, 0.25) is 0 Å². The summed E-state index contributed by atoms with van der Waals surface area (Å²) >= 11 is 0. The number of benzene rings is 2. The van der Waals surface area contributed by atoms with Gasteiger partial charge in [0.15, 0.2) is 0 Å². The average Bonchev–Trinajstić information content (AvgIpc) is 2.19. The summed E-state index contributed by atoms with van der Waals surface area (Å²) in [4.78, 5) is 0. The molecule has 0 heteroatoms. The molecule has 0 spiro atoms. The van der Waals surface area contributed by atoms with Crippen molar-refractivity contribution in [2.75, 3.05) is 0 Å². The number of rotatable bonds is 2. The van der Waals surface area contributed by atoms with E-state index in [2.05, 4.69) is 49.0 Å². The first-order valence-electron chi connectivity index (χ1n) is 4.49. The Balaban J connectivity index is 0.000000980. The third-order valence-corrected chi connectivity index (χ3v) is 2.24. The summed E-state index contributed by atoms with van der Waals surface area (Å²) in [5.41, 5.74) is 1.35. The van der Waals surface area contributed by atoms with E-state index in [0.717, 1.165) is 6.42 Å². The summed E-state index contributed by atoms with van der Waals surface area (Å²) < 4.78 is 0. The fourth-order valence-corrected chi connectivity index (χ4v) is 1.63. The lowest BCUT2D eigenvalue weighted by Crippen LogP contribution is -1.82. The van der Waals surface area contributed by atoms with Crippen LogP contribution in [0.15, 0.2) is 55.1 Å². The molecule has 0 aromatic heterocycles. The molecule has 0 fully saturated rings. The zero-order chi connectivity index (χ0) is 9.10. The number of fused-ring (bicyclic) bond motifs is 1. The van der Waals surface area contributed by atoms with Crippen molar-refractivity contribution in [1.29, 1.82) is 0 Å². The summed E-state index contributed by atoms with van der Waals surface area (Å²) in [7, 11) is 0. The molecule has 0 saturated carbocycles. The van der Waals surface area contributed by atoms with Gasteiger partial charge in [-0.1, -0.05) is 56.0 Å². The van der Waals surface area contributed by atoms with Crippen molar-refractivity contribution in [1.82, 2.24) is 0 Å². The molecule has 2 rings (SSSR count). The zero-order valence-corrected chi connectivity index (χ0v) is 7.53. The number of hydrogen-bond acceptors (Lipinski definition) is 0. The maximum Gasteiger partial charge on any atom is -0.00940 e. The summed E-state index contributed by atoms with van der Waals surface area (Å²) in [6, 6.07) is 14.8. The highest BCUT2D eigenvalue weighted by Gasteiger charge is 1.96. The van der Waals surface area contributed by atoms with Crippen LogP contribution in [0.2, 0.25) is 0 Å². The topological polar surface area (TPSA) is 0 Å². The molecule has 0 nitrogen and oxygen atoms in total. The van der Waals surface area contributed by atoms with Crippen LogP contribution in [0.4, 0.5) is 0 Å². The first kappa shape index (κ1) is 10.5. The Morgan fingerprint density at radius 1 is 1.00 bits per heavy atom. The summed E-state index contributed by atoms with van der Waals surface area (Å²) in [6.45, 7) is 3.76. The Morgan fingerprint density at radius 2 is 1.71 bits per heavy atom. The molecule has 0 aliphatic rings. The van der Waals surface area contributed by atoms with Crippen molar-refractivity contribution in [3.05, 3.63) is 60.7 Å². The van der Waals surface area contributed by atoms with E-state index < -0.39 is 0 Å². The van der Waals surface area contributed by atoms with Crippen LogP contribution in [0.25, 0.3) is 10.8 Å². The van der Waals surface area contributed by atoms with Crippen molar-refractivity contribution < 1.29 is 0 Å². The van der Waals surface area contributed by atoms with Crippen molar-refractivity contribution in [2.24, 2.45) is 0 Å². The monoisotopic (exact) mass is 184 g/mol. The van der Waals surface area contributed by atoms with Crippen LogP contribution in [0.1, 0.15) is 13.0 Å². The van der Waals surface area contributed by atoms with Gasteiger partial charge in [-0.3, -0.25) is 0 Å². The van der Waals surface area contributed by atoms with E-state index in [0.29, 0.717) is 0 Å². The van der Waals surface area contributed by atoms with Crippen LogP contribution in [-0.4, -0.2) is 0 Å². The van der Waals surface area contributed by atoms with Gasteiger partial charge in [-0.15, -0.1) is 6.58 Å². The fraction of sp³-hybridized carbons (Fsp3) is 0.143. The van der Waals surface area contributed by atoms with Crippen LogP contribution in [0, 0.1) is 0 Å². The second-order valence-electron chi connectivity index (χ2n) is 3.13. The van der Waals surface area contributed by atoms with Crippen molar-refractivity contribution in [3.8, 4) is 0 Å². The van der Waals surface area contributed by atoms with Gasteiger partial charge in [0.1, 0.15) is 0 Å². The molecule has 72 valence electrons. The lowest BCUT2D eigenvalue weighted by molar-refractivity contribution is 1.31. The Hall–Kier alpha value is -1.56. The smallest absolute Gasteiger partial charge is 0.00940 e. The maximum atomic E-state index is 3.76. The molecule has 0 aliphatic carbocycles. The SMILES string of the molecule is C.C=CCc1cccc2ccccc12. The van der Waals surface area contributed by atoms with Gasteiger partial charge in [-0.2, -0.15) is 0 Å². The molecule has 0 N–H and O–H groups in total. The minimum Gasteiger partial charge on any atom is -0.103 e. The molecule has 2 aromatic rings. The van der Waals surface area contributed by atoms with E-state index >= 15 is 0 Å². The van der Waals surface area contributed by atoms with Crippen LogP contribution in [-0.2, 0) is 6.42 Å². The highest BCUT2D eigenvalue weighted by atomic mass is 14.0. The van der Waals surface area contributed by atoms with Crippen molar-refractivity contribution in [3.63, 3.8) is 0 Å². The van der Waals surface area contributed by atoms with Gasteiger partial charge >= 0.3 is 0 Å². The van der Waals surface area contributed by atoms with Gasteiger partial charge in [-0.25, -0.2) is 0 Å². The summed E-state index contributed by atoms with van der Waals surface area (Å²) in [6.07, 6.45) is 2.89. The highest BCUT2D eigenvalue weighted by Crippen LogP contribution is 2.18. The van der Waals surface area contributed by atoms with Gasteiger partial charge < -0.3 is 0 Å². The van der Waals surface area contributed by atoms with Gasteiger partial charge in [0.25, 0.3) is 0 Å². The molecule has 0 unspecified atom stereocenters. The largest absolute Gasteiger partial charge is 0.103 e. The molecule has 0 saturated heterocycles. The minimum atomic E-state index is 0. The van der Waals surface area contributed by atoms with Crippen LogP contribution in [0.5, 0.6) is 0 Å². The minimum absolute atomic E-state index is 0. The molecule has 14 heavy (non-hydrogen) atoms. The molecule has 0 bridgehead atoms. The van der Waals surface area contributed by atoms with Gasteiger partial charge in [-0.05, 0) is 22.8 Å². The summed E-state index contributed by atoms with van der Waals surface area (Å²) in [5, 5.41) is 2.65. The second kappa shape index (κ2) is 4.61. The Morgan fingerprint density at radius 3 is 2.50 bits per heavy atom. The Labute approximate surface area is 85.9 Å². The van der Waals surface area contributed by atoms with E-state index in [1.807, 2.05) is 6.08 Å². The maximum absolute atomic E-state index is 3.76. The lowest BCUT2D eigenvalue weighted by atomic mass is 10.0. The Bertz CT molecular complexity index is 421. The second-order valence-corrected chi connectivity index (χ2v) is 3.13. The molecule has 0 amide bonds. The first-order chi connectivity index (χ1) is 6.42. The highest BCUT2D eigenvalue weighted by molar-refractivity contribution is 5.85. The summed E-state index contributed by atoms with van der Waals surface area (Å²) in [5.74, 6) is 0. The fourth-order valence-electron chi connectivity index (χ4n) is 1.63. The van der Waals surface area contributed by atoms with Gasteiger partial charge in [0, 0.05) is 0 Å². The number of hydrogen-bond donors (Lipinski definition) is 0. The predicted molar refractivity (Wildman–Crippen MR) is 64.6 cm³/mol. The van der Waals surface area contributed by atoms with E-state index in [-0.39, 0.29) is 7.43 Å². The first-order valence-corrected chi connectivity index (χ1v) is 4.49. The van der Waals surface area contributed by atoms with Crippen LogP contribution < -0.4 is 0 Å². The quantitative estimate of drug-likeness (QED) is 0.613. The molecule has 2 aromatic carbocycles. The molecule has 0 atom stereocenters. The van der Waals surface area contributed by atoms with E-state index in [1.165, 1.54) is 16.3 Å². The Kier molecular flexibility index (Phi) is 3.47. The predicted octanol–water partition coefficient (Wildman–Crippen LogP) is 4.20. The number of allylic oxidation sites excluding steroid dienone is 1. The molecular formula is C14H16. The molecule has 0 heterocycles. The third kappa shape index (κ3) is 1.85. The van der Waals surface area contributed by atoms with Gasteiger partial charge in [0.05, 0.1) is 0 Å². The van der Waals surface area contributed by atoms with E-state index in [9.17, 15) is 0 Å². The van der Waals surface area contributed by atoms with Crippen LogP contribution >= 0.6 is 0 Å². The lowest BCUT2D eigenvalue weighted by Gasteiger charge is -2.02. The van der Waals surface area contributed by atoms with Crippen molar-refractivity contribution >= 4 is 10.8 Å². The standard InChI is InChI=1S/C13H12.CH4/c1-2-6-11-8-5-9-12-7-3-4-10-13(11)12;/h2-5,7-10H,1,6H2;1H4. The van der Waals surface area contributed by atoms with E-state index in [4.69, 9.17) is 0 Å². The van der Waals surface area contributed by atoms with Crippen molar-refractivity contribution in [2.45, 2.75) is 13.8 Å². The molecule has 0 aliphatic heterocycles. The normalized spacial score (nSPS) is 9.43. The zero-order valence-electron chi connectivity index (χ0n) is 7.53. The molecule has 0 radical (unpaired) electrons. The third-order valence-electron chi connectivity index (χ3n) is 2.24. The molecular weight excluding hydrogens is 168 g/mol. The average molecular weight is 184 g/mol. The van der Waals surface area contributed by atoms with Crippen LogP contribution in [0.3, 0.4) is 0 Å².